The van der Waals surface area contributed by atoms with Gasteiger partial charge in [-0.25, -0.2) is 4.79 Å². The van der Waals surface area contributed by atoms with Crippen molar-refractivity contribution in [2.45, 2.75) is 0 Å². The zero-order valence-electron chi connectivity index (χ0n) is 9.95. The van der Waals surface area contributed by atoms with Crippen LogP contribution in [-0.4, -0.2) is 16.0 Å². The van der Waals surface area contributed by atoms with Crippen molar-refractivity contribution < 1.29 is 19.6 Å². The predicted octanol–water partition coefficient (Wildman–Crippen LogP) is 3.85. The fourth-order valence-electron chi connectivity index (χ4n) is 1.61. The molecule has 0 aromatic heterocycles. The van der Waals surface area contributed by atoms with E-state index in [0.717, 1.165) is 6.07 Å². The zero-order chi connectivity index (χ0) is 14.7. The SMILES string of the molecule is O=C(O)c1cccc(Oc2ccccc2Br)c1[N+](=O)[O-]. The average Bonchev–Trinajstić information content (AvgIpc) is 2.40. The maximum absolute atomic E-state index is 11.1. The van der Waals surface area contributed by atoms with E-state index in [1.54, 1.807) is 24.3 Å². The van der Waals surface area contributed by atoms with Gasteiger partial charge in [0.05, 0.1) is 9.40 Å². The van der Waals surface area contributed by atoms with Gasteiger partial charge in [-0.1, -0.05) is 18.2 Å². The van der Waals surface area contributed by atoms with Crippen molar-refractivity contribution in [1.29, 1.82) is 0 Å². The molecule has 0 aliphatic carbocycles. The van der Waals surface area contributed by atoms with Gasteiger partial charge in [0.2, 0.25) is 5.75 Å². The van der Waals surface area contributed by atoms with Crippen LogP contribution in [0.2, 0.25) is 0 Å². The van der Waals surface area contributed by atoms with Gasteiger partial charge in [-0.05, 0) is 40.2 Å². The molecule has 0 bridgehead atoms. The third-order valence-corrected chi connectivity index (χ3v) is 3.12. The molecule has 2 aromatic carbocycles. The molecule has 2 aromatic rings. The number of nitro groups is 1. The number of carboxylic acid groups (broad SMARTS) is 1. The van der Waals surface area contributed by atoms with Crippen LogP contribution in [0.15, 0.2) is 46.9 Å². The number of hydrogen-bond donors (Lipinski definition) is 1. The monoisotopic (exact) mass is 337 g/mol. The highest BCUT2D eigenvalue weighted by Crippen LogP contribution is 2.36. The highest BCUT2D eigenvalue weighted by Gasteiger charge is 2.25. The second kappa shape index (κ2) is 5.70. The van der Waals surface area contributed by atoms with Crippen LogP contribution < -0.4 is 4.74 Å². The van der Waals surface area contributed by atoms with Gasteiger partial charge in [-0.15, -0.1) is 0 Å². The van der Waals surface area contributed by atoms with Crippen LogP contribution in [0.25, 0.3) is 0 Å². The van der Waals surface area contributed by atoms with Crippen molar-refractivity contribution >= 4 is 27.6 Å². The van der Waals surface area contributed by atoms with Gasteiger partial charge >= 0.3 is 11.7 Å². The smallest absolute Gasteiger partial charge is 0.342 e. The van der Waals surface area contributed by atoms with E-state index in [9.17, 15) is 14.9 Å². The van der Waals surface area contributed by atoms with Gasteiger partial charge in [-0.3, -0.25) is 10.1 Å². The molecule has 0 amide bonds. The number of carboxylic acids is 1. The lowest BCUT2D eigenvalue weighted by Gasteiger charge is -2.09. The predicted molar refractivity (Wildman–Crippen MR) is 74.3 cm³/mol. The van der Waals surface area contributed by atoms with Gasteiger partial charge in [0.15, 0.2) is 0 Å². The Balaban J connectivity index is 2.52. The summed E-state index contributed by atoms with van der Waals surface area (Å²) in [5.74, 6) is -1.14. The van der Waals surface area contributed by atoms with E-state index in [2.05, 4.69) is 15.9 Å². The first-order valence-corrected chi connectivity index (χ1v) is 6.23. The molecule has 6 nitrogen and oxygen atoms in total. The minimum Gasteiger partial charge on any atom is -0.477 e. The van der Waals surface area contributed by atoms with Gasteiger partial charge < -0.3 is 9.84 Å². The number of nitrogens with zero attached hydrogens (tertiary/aromatic N) is 1. The molecule has 0 atom stereocenters. The Morgan fingerprint density at radius 1 is 1.15 bits per heavy atom. The van der Waals surface area contributed by atoms with E-state index in [1.165, 1.54) is 12.1 Å². The van der Waals surface area contributed by atoms with E-state index in [-0.39, 0.29) is 5.75 Å². The first kappa shape index (κ1) is 14.0. The molecule has 0 spiro atoms. The number of carbonyl (C=O) groups is 1. The van der Waals surface area contributed by atoms with Crippen molar-refractivity contribution in [3.8, 4) is 11.5 Å². The Labute approximate surface area is 121 Å². The van der Waals surface area contributed by atoms with E-state index < -0.39 is 22.1 Å². The Bertz CT molecular complexity index is 686. The number of para-hydroxylation sites is 2. The van der Waals surface area contributed by atoms with E-state index in [1.807, 2.05) is 0 Å². The first-order chi connectivity index (χ1) is 9.50. The van der Waals surface area contributed by atoms with Crippen LogP contribution in [0.1, 0.15) is 10.4 Å². The van der Waals surface area contributed by atoms with Crippen LogP contribution in [0.5, 0.6) is 11.5 Å². The minimum absolute atomic E-state index is 0.123. The standard InChI is InChI=1S/C13H8BrNO5/c14-9-5-1-2-6-10(9)20-11-7-3-4-8(13(16)17)12(11)15(18)19/h1-7H,(H,16,17). The highest BCUT2D eigenvalue weighted by atomic mass is 79.9. The lowest BCUT2D eigenvalue weighted by atomic mass is 10.1. The van der Waals surface area contributed by atoms with Crippen molar-refractivity contribution in [3.05, 3.63) is 62.6 Å². The van der Waals surface area contributed by atoms with Gasteiger partial charge in [0, 0.05) is 0 Å². The van der Waals surface area contributed by atoms with E-state index >= 15 is 0 Å². The summed E-state index contributed by atoms with van der Waals surface area (Å²) in [4.78, 5) is 21.3. The summed E-state index contributed by atoms with van der Waals surface area (Å²) in [7, 11) is 0. The van der Waals surface area contributed by atoms with Crippen LogP contribution >= 0.6 is 15.9 Å². The molecule has 0 heterocycles. The molecular weight excluding hydrogens is 330 g/mol. The average molecular weight is 338 g/mol. The third-order valence-electron chi connectivity index (χ3n) is 2.47. The number of aromatic carboxylic acids is 1. The number of ether oxygens (including phenoxy) is 1. The fraction of sp³-hybridized carbons (Fsp3) is 0. The molecule has 0 saturated heterocycles. The summed E-state index contributed by atoms with van der Waals surface area (Å²) >= 11 is 3.25. The summed E-state index contributed by atoms with van der Waals surface area (Å²) < 4.78 is 6.05. The molecule has 2 rings (SSSR count). The second-order valence-corrected chi connectivity index (χ2v) is 4.60. The van der Waals surface area contributed by atoms with Crippen LogP contribution in [0, 0.1) is 10.1 Å². The highest BCUT2D eigenvalue weighted by molar-refractivity contribution is 9.10. The summed E-state index contributed by atoms with van der Waals surface area (Å²) in [6.07, 6.45) is 0. The number of benzene rings is 2. The van der Waals surface area contributed by atoms with Crippen molar-refractivity contribution in [2.75, 3.05) is 0 Å². The molecule has 7 heteroatoms. The van der Waals surface area contributed by atoms with Crippen molar-refractivity contribution in [3.63, 3.8) is 0 Å². The van der Waals surface area contributed by atoms with E-state index in [0.29, 0.717) is 10.2 Å². The maximum atomic E-state index is 11.1. The van der Waals surface area contributed by atoms with Gasteiger partial charge in [0.25, 0.3) is 0 Å². The molecule has 0 radical (unpaired) electrons. The summed E-state index contributed by atoms with van der Waals surface area (Å²) in [6.45, 7) is 0. The number of hydrogen-bond acceptors (Lipinski definition) is 4. The lowest BCUT2D eigenvalue weighted by molar-refractivity contribution is -0.386. The topological polar surface area (TPSA) is 89.7 Å². The maximum Gasteiger partial charge on any atom is 0.342 e. The van der Waals surface area contributed by atoms with Crippen LogP contribution in [0.3, 0.4) is 0 Å². The van der Waals surface area contributed by atoms with Gasteiger partial charge in [-0.2, -0.15) is 0 Å². The minimum atomic E-state index is -1.38. The third kappa shape index (κ3) is 2.77. The Hall–Kier alpha value is -2.41. The quantitative estimate of drug-likeness (QED) is 0.676. The number of rotatable bonds is 4. The molecule has 20 heavy (non-hydrogen) atoms. The summed E-state index contributed by atoms with van der Waals surface area (Å²) in [5, 5.41) is 20.1. The molecule has 0 unspecified atom stereocenters. The van der Waals surface area contributed by atoms with E-state index in [4.69, 9.17) is 9.84 Å². The molecule has 0 aliphatic rings. The number of halogens is 1. The Kier molecular flexibility index (Phi) is 3.99. The normalized spacial score (nSPS) is 10.1. The Morgan fingerprint density at radius 3 is 2.40 bits per heavy atom. The fourth-order valence-corrected chi connectivity index (χ4v) is 1.98. The molecule has 0 fully saturated rings. The van der Waals surface area contributed by atoms with Crippen molar-refractivity contribution in [1.82, 2.24) is 0 Å². The number of nitro benzene ring substituents is 1. The molecular formula is C13H8BrNO5. The lowest BCUT2D eigenvalue weighted by Crippen LogP contribution is -2.04. The largest absolute Gasteiger partial charge is 0.477 e. The zero-order valence-corrected chi connectivity index (χ0v) is 11.5. The first-order valence-electron chi connectivity index (χ1n) is 5.44. The molecule has 102 valence electrons. The van der Waals surface area contributed by atoms with Gasteiger partial charge in [0.1, 0.15) is 11.3 Å². The Morgan fingerprint density at radius 2 is 1.80 bits per heavy atom. The molecule has 1 N–H and O–H groups in total. The summed E-state index contributed by atoms with van der Waals surface area (Å²) in [5.41, 5.74) is -0.990. The van der Waals surface area contributed by atoms with Crippen molar-refractivity contribution in [2.24, 2.45) is 0 Å². The summed E-state index contributed by atoms with van der Waals surface area (Å²) in [6, 6.07) is 10.7. The van der Waals surface area contributed by atoms with Crippen LogP contribution in [0.4, 0.5) is 5.69 Å². The van der Waals surface area contributed by atoms with Crippen LogP contribution in [-0.2, 0) is 0 Å². The molecule has 0 saturated carbocycles. The second-order valence-electron chi connectivity index (χ2n) is 3.75. The molecule has 0 aliphatic heterocycles.